The van der Waals surface area contributed by atoms with Gasteiger partial charge in [0.05, 0.1) is 0 Å². The van der Waals surface area contributed by atoms with Gasteiger partial charge in [0.1, 0.15) is 5.58 Å². The molecular weight excluding hydrogens is 260 g/mol. The lowest BCUT2D eigenvalue weighted by Crippen LogP contribution is -1.70. The first kappa shape index (κ1) is 8.67. The smallest absolute Gasteiger partial charge is 0.294 e. The fourth-order valence-corrected chi connectivity index (χ4v) is 1.63. The number of hydrogen-bond acceptors (Lipinski definition) is 4. The van der Waals surface area contributed by atoms with Gasteiger partial charge in [-0.25, -0.2) is 0 Å². The van der Waals surface area contributed by atoms with Crippen molar-refractivity contribution in [3.63, 3.8) is 0 Å². The van der Waals surface area contributed by atoms with E-state index in [1.54, 1.807) is 0 Å². The summed E-state index contributed by atoms with van der Waals surface area (Å²) in [7, 11) is 0. The molecule has 0 aliphatic rings. The second kappa shape index (κ2) is 3.20. The molecule has 3 rings (SSSR count). The Bertz CT molecular complexity index is 581. The van der Waals surface area contributed by atoms with Crippen LogP contribution in [0.5, 0.6) is 0 Å². The van der Waals surface area contributed by atoms with Crippen LogP contribution in [0.2, 0.25) is 0 Å². The monoisotopic (exact) mass is 264 g/mol. The van der Waals surface area contributed by atoms with Crippen LogP contribution in [-0.4, -0.2) is 10.1 Å². The summed E-state index contributed by atoms with van der Waals surface area (Å²) in [5, 5.41) is 4.65. The van der Waals surface area contributed by atoms with Crippen LogP contribution in [0, 0.1) is 0 Å². The number of furan rings is 1. The SMILES string of the molecule is Brc1noc(-c2cc3ccccc3o2)n1. The largest absolute Gasteiger partial charge is 0.451 e. The molecule has 1 aromatic carbocycles. The van der Waals surface area contributed by atoms with Gasteiger partial charge < -0.3 is 8.94 Å². The molecule has 5 heteroatoms. The Labute approximate surface area is 93.0 Å². The summed E-state index contributed by atoms with van der Waals surface area (Å²) in [5.41, 5.74) is 0.807. The molecule has 0 saturated heterocycles. The third-order valence-corrected chi connectivity index (χ3v) is 2.36. The molecule has 15 heavy (non-hydrogen) atoms. The maximum Gasteiger partial charge on any atom is 0.294 e. The minimum absolute atomic E-state index is 0.373. The van der Waals surface area contributed by atoms with Gasteiger partial charge in [-0.1, -0.05) is 18.2 Å². The Morgan fingerprint density at radius 3 is 2.80 bits per heavy atom. The maximum atomic E-state index is 5.55. The topological polar surface area (TPSA) is 52.1 Å². The van der Waals surface area contributed by atoms with Crippen LogP contribution in [-0.2, 0) is 0 Å². The third-order valence-electron chi connectivity index (χ3n) is 2.04. The number of benzene rings is 1. The Morgan fingerprint density at radius 2 is 2.07 bits per heavy atom. The Hall–Kier alpha value is -1.62. The van der Waals surface area contributed by atoms with E-state index < -0.39 is 0 Å². The van der Waals surface area contributed by atoms with Gasteiger partial charge in [0, 0.05) is 5.39 Å². The molecule has 2 heterocycles. The summed E-state index contributed by atoms with van der Waals surface area (Å²) < 4.78 is 10.9. The fraction of sp³-hybridized carbons (Fsp3) is 0. The number of fused-ring (bicyclic) bond motifs is 1. The standard InChI is InChI=1S/C10H5BrN2O2/c11-10-12-9(15-13-10)8-5-6-3-1-2-4-7(6)14-8/h1-5H. The lowest BCUT2D eigenvalue weighted by Gasteiger charge is -1.83. The van der Waals surface area contributed by atoms with E-state index >= 15 is 0 Å². The van der Waals surface area contributed by atoms with Crippen LogP contribution in [0.15, 0.2) is 44.0 Å². The third kappa shape index (κ3) is 1.45. The molecule has 0 N–H and O–H groups in total. The van der Waals surface area contributed by atoms with Crippen LogP contribution in [0.1, 0.15) is 0 Å². The lowest BCUT2D eigenvalue weighted by molar-refractivity contribution is 0.415. The minimum atomic E-state index is 0.373. The molecule has 0 unspecified atom stereocenters. The molecule has 0 spiro atoms. The predicted molar refractivity (Wildman–Crippen MR) is 57.2 cm³/mol. The van der Waals surface area contributed by atoms with Crippen LogP contribution in [0.4, 0.5) is 0 Å². The molecule has 2 aromatic heterocycles. The molecule has 0 aliphatic carbocycles. The highest BCUT2D eigenvalue weighted by Crippen LogP contribution is 2.26. The molecule has 0 radical (unpaired) electrons. The normalized spacial score (nSPS) is 11.0. The number of hydrogen-bond donors (Lipinski definition) is 0. The molecule has 0 aliphatic heterocycles. The summed E-state index contributed by atoms with van der Waals surface area (Å²) in [6, 6.07) is 9.60. The van der Waals surface area contributed by atoms with Crippen molar-refractivity contribution in [2.24, 2.45) is 0 Å². The van der Waals surface area contributed by atoms with Crippen molar-refractivity contribution in [1.29, 1.82) is 0 Å². The van der Waals surface area contributed by atoms with E-state index in [4.69, 9.17) is 8.94 Å². The van der Waals surface area contributed by atoms with Crippen molar-refractivity contribution in [2.45, 2.75) is 0 Å². The summed E-state index contributed by atoms with van der Waals surface area (Å²) in [5.74, 6) is 0.951. The molecule has 0 atom stereocenters. The van der Waals surface area contributed by atoms with Crippen molar-refractivity contribution in [1.82, 2.24) is 10.1 Å². The van der Waals surface area contributed by atoms with E-state index in [0.717, 1.165) is 11.0 Å². The molecule has 0 fully saturated rings. The van der Waals surface area contributed by atoms with Gasteiger partial charge in [-0.05, 0) is 33.2 Å². The first-order chi connectivity index (χ1) is 7.33. The zero-order valence-corrected chi connectivity index (χ0v) is 9.06. The fourth-order valence-electron chi connectivity index (χ4n) is 1.39. The number of halogens is 1. The average molecular weight is 265 g/mol. The van der Waals surface area contributed by atoms with Gasteiger partial charge in [-0.2, -0.15) is 4.98 Å². The number of para-hydroxylation sites is 1. The van der Waals surface area contributed by atoms with E-state index in [1.807, 2.05) is 30.3 Å². The highest BCUT2D eigenvalue weighted by Gasteiger charge is 2.12. The molecular formula is C10H5BrN2O2. The van der Waals surface area contributed by atoms with Gasteiger partial charge in [0.15, 0.2) is 5.76 Å². The van der Waals surface area contributed by atoms with E-state index in [1.165, 1.54) is 0 Å². The summed E-state index contributed by atoms with van der Waals surface area (Å²) >= 11 is 3.12. The molecule has 74 valence electrons. The molecule has 4 nitrogen and oxygen atoms in total. The van der Waals surface area contributed by atoms with Crippen LogP contribution >= 0.6 is 15.9 Å². The summed E-state index contributed by atoms with van der Waals surface area (Å²) in [6.07, 6.45) is 0. The van der Waals surface area contributed by atoms with Crippen molar-refractivity contribution in [3.8, 4) is 11.7 Å². The van der Waals surface area contributed by atoms with Gasteiger partial charge in [0.25, 0.3) is 5.89 Å². The van der Waals surface area contributed by atoms with Gasteiger partial charge in [-0.15, -0.1) is 0 Å². The highest BCUT2D eigenvalue weighted by atomic mass is 79.9. The minimum Gasteiger partial charge on any atom is -0.451 e. The van der Waals surface area contributed by atoms with Gasteiger partial charge >= 0.3 is 0 Å². The Morgan fingerprint density at radius 1 is 1.20 bits per heavy atom. The van der Waals surface area contributed by atoms with E-state index in [2.05, 4.69) is 26.1 Å². The van der Waals surface area contributed by atoms with Gasteiger partial charge in [0.2, 0.25) is 4.73 Å². The van der Waals surface area contributed by atoms with Gasteiger partial charge in [-0.3, -0.25) is 0 Å². The van der Waals surface area contributed by atoms with Crippen molar-refractivity contribution < 1.29 is 8.94 Å². The number of nitrogens with zero attached hydrogens (tertiary/aromatic N) is 2. The van der Waals surface area contributed by atoms with Crippen molar-refractivity contribution >= 4 is 26.9 Å². The van der Waals surface area contributed by atoms with Crippen molar-refractivity contribution in [3.05, 3.63) is 35.1 Å². The number of aromatic nitrogens is 2. The molecule has 0 bridgehead atoms. The van der Waals surface area contributed by atoms with E-state index in [-0.39, 0.29) is 0 Å². The first-order valence-corrected chi connectivity index (χ1v) is 5.10. The second-order valence-electron chi connectivity index (χ2n) is 3.02. The predicted octanol–water partition coefficient (Wildman–Crippen LogP) is 3.25. The van der Waals surface area contributed by atoms with E-state index in [9.17, 15) is 0 Å². The zero-order valence-electron chi connectivity index (χ0n) is 7.48. The maximum absolute atomic E-state index is 5.55. The Balaban J connectivity index is 2.19. The molecule has 3 aromatic rings. The van der Waals surface area contributed by atoms with Crippen LogP contribution in [0.3, 0.4) is 0 Å². The average Bonchev–Trinajstić information content (AvgIpc) is 2.82. The summed E-state index contributed by atoms with van der Waals surface area (Å²) in [6.45, 7) is 0. The lowest BCUT2D eigenvalue weighted by atomic mass is 10.2. The zero-order chi connectivity index (χ0) is 10.3. The quantitative estimate of drug-likeness (QED) is 0.677. The van der Waals surface area contributed by atoms with Crippen LogP contribution < -0.4 is 0 Å². The molecule has 0 amide bonds. The number of rotatable bonds is 1. The van der Waals surface area contributed by atoms with E-state index in [0.29, 0.717) is 16.4 Å². The Kier molecular flexibility index (Phi) is 1.85. The highest BCUT2D eigenvalue weighted by molar-refractivity contribution is 9.10. The van der Waals surface area contributed by atoms with Crippen LogP contribution in [0.25, 0.3) is 22.6 Å². The molecule has 0 saturated carbocycles. The summed E-state index contributed by atoms with van der Waals surface area (Å²) in [4.78, 5) is 4.02. The van der Waals surface area contributed by atoms with Crippen molar-refractivity contribution in [2.75, 3.05) is 0 Å². The second-order valence-corrected chi connectivity index (χ2v) is 3.73. The first-order valence-electron chi connectivity index (χ1n) is 4.31.